The van der Waals surface area contributed by atoms with Gasteiger partial charge >= 0.3 is 0 Å². The van der Waals surface area contributed by atoms with Crippen molar-refractivity contribution in [3.63, 3.8) is 0 Å². The maximum atomic E-state index is 2.34. The number of hydrogen-bond donors (Lipinski definition) is 0. The Morgan fingerprint density at radius 3 is 2.08 bits per heavy atom. The maximum absolute atomic E-state index is 2.34. The lowest BCUT2D eigenvalue weighted by atomic mass is 10.0. The van der Waals surface area contributed by atoms with Crippen molar-refractivity contribution in [3.05, 3.63) is 90.6 Å². The van der Waals surface area contributed by atoms with Gasteiger partial charge in [-0.3, -0.25) is 0 Å². The van der Waals surface area contributed by atoms with Gasteiger partial charge in [-0.1, -0.05) is 107 Å². The third kappa shape index (κ3) is 5.76. The summed E-state index contributed by atoms with van der Waals surface area (Å²) in [5, 5.41) is 2.73. The Morgan fingerprint density at radius 2 is 1.31 bits per heavy atom. The third-order valence-corrected chi connectivity index (χ3v) is 8.60. The van der Waals surface area contributed by atoms with Crippen LogP contribution in [-0.2, 0) is 6.42 Å². The Bertz CT molecular complexity index is 1370. The van der Waals surface area contributed by atoms with Crippen molar-refractivity contribution in [2.45, 2.75) is 77.6 Å². The summed E-state index contributed by atoms with van der Waals surface area (Å²) in [6.45, 7) is 2.29. The van der Waals surface area contributed by atoms with E-state index in [1.54, 1.807) is 0 Å². The van der Waals surface area contributed by atoms with E-state index in [-0.39, 0.29) is 0 Å². The molecule has 0 spiro atoms. The van der Waals surface area contributed by atoms with E-state index < -0.39 is 0 Å². The average molecular weight is 494 g/mol. The molecule has 0 bridgehead atoms. The molecule has 0 aliphatic heterocycles. The minimum absolute atomic E-state index is 1.19. The average Bonchev–Trinajstić information content (AvgIpc) is 3.55. The number of hydrogen-bond acceptors (Lipinski definition) is 1. The summed E-state index contributed by atoms with van der Waals surface area (Å²) in [4.78, 5) is 0. The largest absolute Gasteiger partial charge is 0.317 e. The van der Waals surface area contributed by atoms with Gasteiger partial charge in [0.2, 0.25) is 0 Å². The van der Waals surface area contributed by atoms with E-state index in [1.165, 1.54) is 113 Å². The predicted molar refractivity (Wildman–Crippen MR) is 160 cm³/mol. The van der Waals surface area contributed by atoms with E-state index in [4.69, 9.17) is 0 Å². The highest BCUT2D eigenvalue weighted by atomic mass is 32.1. The number of unbranched alkanes of at least 4 members (excludes halogenated alkanes) is 9. The number of aromatic nitrogens is 1. The van der Waals surface area contributed by atoms with Crippen molar-refractivity contribution < 1.29 is 0 Å². The highest BCUT2D eigenvalue weighted by molar-refractivity contribution is 7.25. The summed E-state index contributed by atoms with van der Waals surface area (Å²) >= 11 is 1.88. The van der Waals surface area contributed by atoms with Crippen molar-refractivity contribution >= 4 is 31.5 Å². The van der Waals surface area contributed by atoms with Crippen LogP contribution in [0.3, 0.4) is 0 Å². The number of thiophene rings is 1. The first-order chi connectivity index (χ1) is 17.8. The van der Waals surface area contributed by atoms with E-state index in [9.17, 15) is 0 Å². The molecule has 3 aromatic carbocycles. The first-order valence-corrected chi connectivity index (χ1v) is 14.8. The Balaban J connectivity index is 1.21. The van der Waals surface area contributed by atoms with Crippen LogP contribution in [0, 0.1) is 0 Å². The molecule has 2 aromatic heterocycles. The van der Waals surface area contributed by atoms with Gasteiger partial charge in [0.25, 0.3) is 0 Å². The second kappa shape index (κ2) is 12.4. The van der Waals surface area contributed by atoms with Crippen molar-refractivity contribution in [3.8, 4) is 16.9 Å². The van der Waals surface area contributed by atoms with E-state index in [2.05, 4.69) is 96.6 Å². The number of benzene rings is 3. The van der Waals surface area contributed by atoms with Gasteiger partial charge in [-0.25, -0.2) is 0 Å². The topological polar surface area (TPSA) is 4.93 Å². The van der Waals surface area contributed by atoms with Gasteiger partial charge in [-0.05, 0) is 54.8 Å². The Kier molecular flexibility index (Phi) is 8.56. The van der Waals surface area contributed by atoms with Gasteiger partial charge in [0.1, 0.15) is 0 Å². The molecule has 5 aromatic rings. The molecule has 36 heavy (non-hydrogen) atoms. The summed E-state index contributed by atoms with van der Waals surface area (Å²) in [5.74, 6) is 0. The molecular formula is C34H39NS. The molecule has 2 heterocycles. The molecule has 0 fully saturated rings. The van der Waals surface area contributed by atoms with E-state index in [0.717, 1.165) is 0 Å². The summed E-state index contributed by atoms with van der Waals surface area (Å²) < 4.78 is 5.05. The predicted octanol–water partition coefficient (Wildman–Crippen LogP) is 11.0. The van der Waals surface area contributed by atoms with Crippen LogP contribution < -0.4 is 0 Å². The molecule has 5 rings (SSSR count). The van der Waals surface area contributed by atoms with Crippen LogP contribution in [0.25, 0.3) is 37.1 Å². The van der Waals surface area contributed by atoms with E-state index >= 15 is 0 Å². The second-order valence-corrected chi connectivity index (χ2v) is 11.2. The molecule has 2 heteroatoms. The maximum Gasteiger partial charge on any atom is 0.0535 e. The van der Waals surface area contributed by atoms with Gasteiger partial charge < -0.3 is 4.57 Å². The highest BCUT2D eigenvalue weighted by Crippen LogP contribution is 2.40. The standard InChI is InChI=1S/C34H39NS/c1-2-3-4-5-6-7-8-9-10-11-16-27-22-24-28(25-23-27)35-26-15-19-31(35)29-18-14-21-33-34(29)30-17-12-13-20-32(30)36-33/h12-15,17-26H,2-11,16H2,1H3. The minimum atomic E-state index is 1.19. The van der Waals surface area contributed by atoms with Crippen LogP contribution in [0.5, 0.6) is 0 Å². The summed E-state index contributed by atoms with van der Waals surface area (Å²) in [5.41, 5.74) is 5.26. The van der Waals surface area contributed by atoms with Crippen molar-refractivity contribution in [2.75, 3.05) is 0 Å². The lowest BCUT2D eigenvalue weighted by Crippen LogP contribution is -1.96. The van der Waals surface area contributed by atoms with Crippen LogP contribution in [0.4, 0.5) is 0 Å². The Labute approximate surface area is 220 Å². The molecule has 0 aliphatic carbocycles. The third-order valence-electron chi connectivity index (χ3n) is 7.46. The normalized spacial score (nSPS) is 11.6. The highest BCUT2D eigenvalue weighted by Gasteiger charge is 2.13. The van der Waals surface area contributed by atoms with Gasteiger partial charge in [-0.2, -0.15) is 0 Å². The lowest BCUT2D eigenvalue weighted by Gasteiger charge is -2.12. The molecule has 0 atom stereocenters. The van der Waals surface area contributed by atoms with Gasteiger partial charge in [0.05, 0.1) is 5.69 Å². The molecule has 0 N–H and O–H groups in total. The molecule has 1 nitrogen and oxygen atoms in total. The molecule has 0 saturated heterocycles. The van der Waals surface area contributed by atoms with Gasteiger partial charge in [0.15, 0.2) is 0 Å². The number of nitrogens with zero attached hydrogens (tertiary/aromatic N) is 1. The summed E-state index contributed by atoms with van der Waals surface area (Å²) in [7, 11) is 0. The summed E-state index contributed by atoms with van der Waals surface area (Å²) in [6.07, 6.45) is 17.3. The molecule has 0 unspecified atom stereocenters. The minimum Gasteiger partial charge on any atom is -0.317 e. The molecule has 186 valence electrons. The molecule has 0 radical (unpaired) electrons. The van der Waals surface area contributed by atoms with E-state index in [1.807, 2.05) is 11.3 Å². The molecule has 0 saturated carbocycles. The van der Waals surface area contributed by atoms with Gasteiger partial charge in [-0.15, -0.1) is 11.3 Å². The molecular weight excluding hydrogens is 454 g/mol. The molecule has 0 amide bonds. The zero-order chi connectivity index (χ0) is 24.6. The second-order valence-electron chi connectivity index (χ2n) is 10.1. The molecule has 0 aliphatic rings. The fraction of sp³-hybridized carbons (Fsp3) is 0.353. The smallest absolute Gasteiger partial charge is 0.0535 e. The van der Waals surface area contributed by atoms with Crippen molar-refractivity contribution in [1.82, 2.24) is 4.57 Å². The summed E-state index contributed by atoms with van der Waals surface area (Å²) in [6, 6.07) is 29.1. The van der Waals surface area contributed by atoms with Crippen LogP contribution >= 0.6 is 11.3 Å². The fourth-order valence-electron chi connectivity index (χ4n) is 5.45. The van der Waals surface area contributed by atoms with Gasteiger partial charge in [0, 0.05) is 37.6 Å². The zero-order valence-electron chi connectivity index (χ0n) is 21.7. The number of rotatable bonds is 13. The monoisotopic (exact) mass is 493 g/mol. The first kappa shape index (κ1) is 24.8. The lowest BCUT2D eigenvalue weighted by molar-refractivity contribution is 0.556. The van der Waals surface area contributed by atoms with Crippen molar-refractivity contribution in [2.24, 2.45) is 0 Å². The zero-order valence-corrected chi connectivity index (χ0v) is 22.5. The quantitative estimate of drug-likeness (QED) is 0.144. The van der Waals surface area contributed by atoms with Crippen LogP contribution in [0.2, 0.25) is 0 Å². The van der Waals surface area contributed by atoms with Crippen LogP contribution in [0.15, 0.2) is 85.1 Å². The van der Waals surface area contributed by atoms with Crippen LogP contribution in [0.1, 0.15) is 76.7 Å². The van der Waals surface area contributed by atoms with Crippen LogP contribution in [-0.4, -0.2) is 4.57 Å². The van der Waals surface area contributed by atoms with Crippen molar-refractivity contribution in [1.29, 1.82) is 0 Å². The SMILES string of the molecule is CCCCCCCCCCCCc1ccc(-n2cccc2-c2cccc3sc4ccccc4c23)cc1. The Hall–Kier alpha value is -2.84. The Morgan fingerprint density at radius 1 is 0.611 bits per heavy atom. The first-order valence-electron chi connectivity index (χ1n) is 14.0. The number of aryl methyl sites for hydroxylation is 1. The fourth-order valence-corrected chi connectivity index (χ4v) is 6.59. The van der Waals surface area contributed by atoms with E-state index in [0.29, 0.717) is 0 Å². The number of fused-ring (bicyclic) bond motifs is 3.